The summed E-state index contributed by atoms with van der Waals surface area (Å²) in [5, 5.41) is 2.85. The predicted molar refractivity (Wildman–Crippen MR) is 107 cm³/mol. The molecule has 2 rings (SSSR count). The lowest BCUT2D eigenvalue weighted by Gasteiger charge is -2.35. The molecule has 1 N–H and O–H groups in total. The molecule has 2 fully saturated rings. The number of likely N-dealkylation sites (tertiary alicyclic amines) is 1. The Labute approximate surface area is 168 Å². The first kappa shape index (κ1) is 22.5. The average molecular weight is 397 g/mol. The Hall–Kier alpha value is -1.83. The van der Waals surface area contributed by atoms with Crippen molar-refractivity contribution >= 4 is 17.9 Å². The minimum absolute atomic E-state index is 0.0268. The maximum absolute atomic E-state index is 12.1. The van der Waals surface area contributed by atoms with Gasteiger partial charge >= 0.3 is 6.09 Å². The van der Waals surface area contributed by atoms with Crippen LogP contribution in [0.2, 0.25) is 0 Å². The molecule has 0 aromatic rings. The van der Waals surface area contributed by atoms with E-state index in [0.717, 1.165) is 39.0 Å². The number of carbonyl (C=O) groups excluding carboxylic acids is 3. The fourth-order valence-electron chi connectivity index (χ4n) is 3.44. The van der Waals surface area contributed by atoms with Crippen molar-refractivity contribution in [1.29, 1.82) is 0 Å². The fourth-order valence-corrected chi connectivity index (χ4v) is 3.44. The molecule has 0 aromatic heterocycles. The van der Waals surface area contributed by atoms with Crippen molar-refractivity contribution in [3.63, 3.8) is 0 Å². The summed E-state index contributed by atoms with van der Waals surface area (Å²) >= 11 is 0. The van der Waals surface area contributed by atoms with E-state index in [2.05, 4.69) is 10.2 Å². The molecule has 8 heteroatoms. The Morgan fingerprint density at radius 2 is 1.50 bits per heavy atom. The predicted octanol–water partition coefficient (Wildman–Crippen LogP) is 1.45. The molecule has 0 aliphatic carbocycles. The molecule has 0 atom stereocenters. The zero-order chi connectivity index (χ0) is 20.6. The van der Waals surface area contributed by atoms with E-state index in [-0.39, 0.29) is 17.9 Å². The molecule has 0 saturated carbocycles. The highest BCUT2D eigenvalue weighted by molar-refractivity contribution is 5.79. The molecule has 0 unspecified atom stereocenters. The van der Waals surface area contributed by atoms with Crippen LogP contribution in [0.1, 0.15) is 52.9 Å². The van der Waals surface area contributed by atoms with E-state index in [0.29, 0.717) is 39.0 Å². The first-order chi connectivity index (χ1) is 13.2. The third-order valence-electron chi connectivity index (χ3n) is 5.05. The molecule has 3 amide bonds. The van der Waals surface area contributed by atoms with Crippen molar-refractivity contribution in [3.05, 3.63) is 0 Å². The van der Waals surface area contributed by atoms with Crippen molar-refractivity contribution in [3.8, 4) is 0 Å². The van der Waals surface area contributed by atoms with E-state index < -0.39 is 5.60 Å². The normalized spacial score (nSPS) is 18.7. The highest BCUT2D eigenvalue weighted by atomic mass is 16.6. The molecular formula is C20H36N4O4. The summed E-state index contributed by atoms with van der Waals surface area (Å²) in [6.45, 7) is 11.0. The van der Waals surface area contributed by atoms with Gasteiger partial charge in [-0.05, 0) is 40.0 Å². The number of piperazine rings is 1. The zero-order valence-corrected chi connectivity index (χ0v) is 17.7. The summed E-state index contributed by atoms with van der Waals surface area (Å²) in [6, 6.07) is 0. The summed E-state index contributed by atoms with van der Waals surface area (Å²) in [4.78, 5) is 42.0. The molecule has 2 heterocycles. The van der Waals surface area contributed by atoms with E-state index in [1.807, 2.05) is 25.7 Å². The van der Waals surface area contributed by atoms with Gasteiger partial charge in [-0.2, -0.15) is 0 Å². The lowest BCUT2D eigenvalue weighted by molar-refractivity contribution is -0.132. The molecule has 0 radical (unpaired) electrons. The van der Waals surface area contributed by atoms with Crippen LogP contribution in [0.25, 0.3) is 0 Å². The number of hydrogen-bond acceptors (Lipinski definition) is 5. The average Bonchev–Trinajstić information content (AvgIpc) is 2.66. The van der Waals surface area contributed by atoms with Gasteiger partial charge in [-0.1, -0.05) is 0 Å². The Morgan fingerprint density at radius 3 is 2.11 bits per heavy atom. The van der Waals surface area contributed by atoms with Gasteiger partial charge in [0.2, 0.25) is 11.8 Å². The van der Waals surface area contributed by atoms with Crippen molar-refractivity contribution < 1.29 is 19.1 Å². The van der Waals surface area contributed by atoms with E-state index >= 15 is 0 Å². The van der Waals surface area contributed by atoms with Crippen LogP contribution in [0, 0.1) is 0 Å². The van der Waals surface area contributed by atoms with E-state index in [9.17, 15) is 14.4 Å². The van der Waals surface area contributed by atoms with Gasteiger partial charge in [-0.25, -0.2) is 4.79 Å². The second-order valence-electron chi connectivity index (χ2n) is 8.60. The van der Waals surface area contributed by atoms with Crippen molar-refractivity contribution in [2.24, 2.45) is 0 Å². The molecular weight excluding hydrogens is 360 g/mol. The van der Waals surface area contributed by atoms with Crippen LogP contribution < -0.4 is 5.32 Å². The van der Waals surface area contributed by atoms with Crippen LogP contribution >= 0.6 is 0 Å². The van der Waals surface area contributed by atoms with Crippen LogP contribution in [-0.2, 0) is 14.3 Å². The molecule has 2 aliphatic heterocycles. The fraction of sp³-hybridized carbons (Fsp3) is 0.850. The molecule has 0 spiro atoms. The second-order valence-corrected chi connectivity index (χ2v) is 8.60. The monoisotopic (exact) mass is 396 g/mol. The number of rotatable bonds is 6. The Kier molecular flexibility index (Phi) is 8.54. The molecule has 2 aliphatic rings. The van der Waals surface area contributed by atoms with Gasteiger partial charge in [0, 0.05) is 65.2 Å². The maximum Gasteiger partial charge on any atom is 0.410 e. The van der Waals surface area contributed by atoms with Crippen LogP contribution in [0.4, 0.5) is 4.79 Å². The lowest BCUT2D eigenvalue weighted by atomic mass is 10.1. The Morgan fingerprint density at radius 1 is 0.857 bits per heavy atom. The van der Waals surface area contributed by atoms with E-state index in [1.54, 1.807) is 4.90 Å². The van der Waals surface area contributed by atoms with Crippen molar-refractivity contribution in [2.45, 2.75) is 58.5 Å². The van der Waals surface area contributed by atoms with Gasteiger partial charge in [-0.15, -0.1) is 0 Å². The molecule has 2 saturated heterocycles. The second kappa shape index (κ2) is 10.6. The van der Waals surface area contributed by atoms with Gasteiger partial charge in [0.05, 0.1) is 0 Å². The number of nitrogens with zero attached hydrogens (tertiary/aromatic N) is 3. The zero-order valence-electron chi connectivity index (χ0n) is 17.7. The third kappa shape index (κ3) is 8.04. The van der Waals surface area contributed by atoms with E-state index in [1.165, 1.54) is 6.42 Å². The molecule has 0 bridgehead atoms. The minimum Gasteiger partial charge on any atom is -0.444 e. The van der Waals surface area contributed by atoms with Gasteiger partial charge in [-0.3, -0.25) is 14.5 Å². The first-order valence-corrected chi connectivity index (χ1v) is 10.5. The summed E-state index contributed by atoms with van der Waals surface area (Å²) in [6.07, 6.45) is 3.87. The molecule has 160 valence electrons. The lowest BCUT2D eigenvalue weighted by Crippen LogP contribution is -2.50. The van der Waals surface area contributed by atoms with Crippen LogP contribution in [-0.4, -0.2) is 90.6 Å². The standard InChI is InChI=1S/C20H36N4O4/c1-20(2,3)28-19(27)24-15-13-22(14-16-24)12-8-17(25)21-9-7-18(26)23-10-5-4-6-11-23/h4-16H2,1-3H3,(H,21,25). The van der Waals surface area contributed by atoms with Gasteiger partial charge in [0.25, 0.3) is 0 Å². The van der Waals surface area contributed by atoms with Crippen molar-refractivity contribution in [2.75, 3.05) is 52.4 Å². The molecule has 8 nitrogen and oxygen atoms in total. The number of carbonyl (C=O) groups is 3. The molecule has 0 aromatic carbocycles. The third-order valence-corrected chi connectivity index (χ3v) is 5.05. The largest absolute Gasteiger partial charge is 0.444 e. The summed E-state index contributed by atoms with van der Waals surface area (Å²) in [5.74, 6) is 0.110. The highest BCUT2D eigenvalue weighted by Gasteiger charge is 2.26. The van der Waals surface area contributed by atoms with Crippen LogP contribution in [0.15, 0.2) is 0 Å². The van der Waals surface area contributed by atoms with Gasteiger partial charge < -0.3 is 19.9 Å². The Bertz CT molecular complexity index is 533. The molecule has 28 heavy (non-hydrogen) atoms. The first-order valence-electron chi connectivity index (χ1n) is 10.5. The minimum atomic E-state index is -0.484. The SMILES string of the molecule is CC(C)(C)OC(=O)N1CCN(CCC(=O)NCCC(=O)N2CCCCC2)CC1. The maximum atomic E-state index is 12.1. The smallest absolute Gasteiger partial charge is 0.410 e. The Balaban J connectivity index is 1.56. The number of piperidine rings is 1. The number of hydrogen-bond donors (Lipinski definition) is 1. The number of nitrogens with one attached hydrogen (secondary N) is 1. The van der Waals surface area contributed by atoms with Crippen LogP contribution in [0.5, 0.6) is 0 Å². The summed E-state index contributed by atoms with van der Waals surface area (Å²) < 4.78 is 5.39. The van der Waals surface area contributed by atoms with Gasteiger partial charge in [0.15, 0.2) is 0 Å². The van der Waals surface area contributed by atoms with Crippen LogP contribution in [0.3, 0.4) is 0 Å². The summed E-state index contributed by atoms with van der Waals surface area (Å²) in [7, 11) is 0. The number of ether oxygens (including phenoxy) is 1. The van der Waals surface area contributed by atoms with E-state index in [4.69, 9.17) is 4.74 Å². The summed E-state index contributed by atoms with van der Waals surface area (Å²) in [5.41, 5.74) is -0.484. The topological polar surface area (TPSA) is 82.2 Å². The van der Waals surface area contributed by atoms with Crippen molar-refractivity contribution in [1.82, 2.24) is 20.0 Å². The number of amides is 3. The van der Waals surface area contributed by atoms with Gasteiger partial charge in [0.1, 0.15) is 5.60 Å². The highest BCUT2D eigenvalue weighted by Crippen LogP contribution is 2.12. The quantitative estimate of drug-likeness (QED) is 0.735.